The van der Waals surface area contributed by atoms with Gasteiger partial charge in [0.2, 0.25) is 5.95 Å². The maximum absolute atomic E-state index is 12.8. The Balaban J connectivity index is 1.63. The number of alkyl halides is 3. The first kappa shape index (κ1) is 24.5. The molecule has 33 heavy (non-hydrogen) atoms. The lowest BCUT2D eigenvalue weighted by Crippen LogP contribution is -2.49. The van der Waals surface area contributed by atoms with Crippen LogP contribution < -0.4 is 5.32 Å². The fourth-order valence-corrected chi connectivity index (χ4v) is 3.18. The molecule has 12 heteroatoms. The molecule has 180 valence electrons. The second kappa shape index (κ2) is 9.38. The van der Waals surface area contributed by atoms with Crippen LogP contribution in [0.4, 0.5) is 23.9 Å². The number of carbonyl (C=O) groups excluding carboxylic acids is 1. The number of carbonyl (C=O) groups is 1. The summed E-state index contributed by atoms with van der Waals surface area (Å²) in [6.45, 7) is 8.40. The number of nitrogens with one attached hydrogen (secondary N) is 1. The average molecular weight is 469 g/mol. The van der Waals surface area contributed by atoms with Crippen molar-refractivity contribution in [3.8, 4) is 17.0 Å². The molecular formula is C21H26F3N5O4. The third-order valence-corrected chi connectivity index (χ3v) is 4.72. The number of nitrogens with zero attached hydrogens (tertiary/aromatic N) is 4. The number of rotatable bonds is 4. The van der Waals surface area contributed by atoms with Crippen molar-refractivity contribution in [2.75, 3.05) is 31.6 Å². The molecule has 1 aliphatic heterocycles. The zero-order chi connectivity index (χ0) is 24.4. The predicted octanol–water partition coefficient (Wildman–Crippen LogP) is 3.62. The smallest absolute Gasteiger partial charge is 0.416 e. The summed E-state index contributed by atoms with van der Waals surface area (Å²) >= 11 is 0. The van der Waals surface area contributed by atoms with E-state index in [0.717, 1.165) is 12.1 Å². The molecule has 0 bridgehead atoms. The van der Waals surface area contributed by atoms with Crippen molar-refractivity contribution in [3.05, 3.63) is 29.5 Å². The Labute approximate surface area is 188 Å². The van der Waals surface area contributed by atoms with Crippen LogP contribution in [-0.4, -0.2) is 69.2 Å². The van der Waals surface area contributed by atoms with Gasteiger partial charge in [0, 0.05) is 18.7 Å². The van der Waals surface area contributed by atoms with Crippen molar-refractivity contribution < 1.29 is 32.5 Å². The molecule has 1 atom stereocenters. The van der Waals surface area contributed by atoms with Crippen LogP contribution in [0.25, 0.3) is 11.3 Å². The Morgan fingerprint density at radius 2 is 2.03 bits per heavy atom. The van der Waals surface area contributed by atoms with E-state index in [1.807, 2.05) is 0 Å². The molecule has 2 aromatic rings. The number of hydrogen-bond donors (Lipinski definition) is 2. The molecule has 0 radical (unpaired) electrons. The van der Waals surface area contributed by atoms with E-state index in [0.29, 0.717) is 38.0 Å². The van der Waals surface area contributed by atoms with Crippen LogP contribution in [0.2, 0.25) is 0 Å². The van der Waals surface area contributed by atoms with Gasteiger partial charge in [-0.2, -0.15) is 13.2 Å². The summed E-state index contributed by atoms with van der Waals surface area (Å²) in [5.41, 5.74) is -0.938. The van der Waals surface area contributed by atoms with Gasteiger partial charge in [-0.15, -0.1) is 10.2 Å². The van der Waals surface area contributed by atoms with Crippen LogP contribution in [0.15, 0.2) is 18.2 Å². The van der Waals surface area contributed by atoms with Gasteiger partial charge >= 0.3 is 12.3 Å². The number of phenolic OH excluding ortho intramolecular Hbond substituents is 1. The number of hydrogen-bond acceptors (Lipinski definition) is 8. The molecule has 1 fully saturated rings. The maximum atomic E-state index is 12.8. The summed E-state index contributed by atoms with van der Waals surface area (Å²) in [5, 5.41) is 21.0. The summed E-state index contributed by atoms with van der Waals surface area (Å²) < 4.78 is 49.5. The quantitative estimate of drug-likeness (QED) is 0.699. The van der Waals surface area contributed by atoms with Crippen LogP contribution in [0, 0.1) is 6.92 Å². The SMILES string of the molecule is Cc1nc(NC[C@H]2CN(C(=O)OC(C)(C)C)CCO2)nnc1-c1ccc(C(F)(F)F)cc1O. The lowest BCUT2D eigenvalue weighted by Gasteiger charge is -2.34. The zero-order valence-corrected chi connectivity index (χ0v) is 18.7. The highest BCUT2D eigenvalue weighted by molar-refractivity contribution is 5.69. The molecule has 0 spiro atoms. The molecule has 0 aliphatic carbocycles. The van der Waals surface area contributed by atoms with Crippen molar-refractivity contribution in [3.63, 3.8) is 0 Å². The molecule has 2 N–H and O–H groups in total. The van der Waals surface area contributed by atoms with E-state index in [-0.39, 0.29) is 23.3 Å². The van der Waals surface area contributed by atoms with E-state index >= 15 is 0 Å². The van der Waals surface area contributed by atoms with E-state index < -0.39 is 29.2 Å². The fourth-order valence-electron chi connectivity index (χ4n) is 3.18. The van der Waals surface area contributed by atoms with E-state index in [1.165, 1.54) is 0 Å². The van der Waals surface area contributed by atoms with Gasteiger partial charge < -0.3 is 24.8 Å². The van der Waals surface area contributed by atoms with E-state index in [4.69, 9.17) is 9.47 Å². The third-order valence-electron chi connectivity index (χ3n) is 4.72. The third kappa shape index (κ3) is 6.44. The summed E-state index contributed by atoms with van der Waals surface area (Å²) in [6, 6.07) is 2.63. The molecule has 1 aromatic heterocycles. The molecule has 1 amide bonds. The average Bonchev–Trinajstić information content (AvgIpc) is 2.71. The largest absolute Gasteiger partial charge is 0.507 e. The normalized spacial score (nSPS) is 17.1. The number of aromatic hydroxyl groups is 1. The highest BCUT2D eigenvalue weighted by Gasteiger charge is 2.31. The van der Waals surface area contributed by atoms with Crippen molar-refractivity contribution in [2.45, 2.75) is 45.6 Å². The minimum absolute atomic E-state index is 0.0932. The molecule has 9 nitrogen and oxygen atoms in total. The minimum Gasteiger partial charge on any atom is -0.507 e. The van der Waals surface area contributed by atoms with Crippen LogP contribution in [0.3, 0.4) is 0 Å². The molecule has 0 saturated carbocycles. The monoisotopic (exact) mass is 469 g/mol. The number of aromatic nitrogens is 3. The fraction of sp³-hybridized carbons (Fsp3) is 0.524. The molecule has 1 aromatic carbocycles. The second-order valence-corrected chi connectivity index (χ2v) is 8.60. The Kier molecular flexibility index (Phi) is 6.96. The number of phenols is 1. The zero-order valence-electron chi connectivity index (χ0n) is 18.7. The summed E-state index contributed by atoms with van der Waals surface area (Å²) in [6.07, 6.45) is -5.30. The first-order chi connectivity index (χ1) is 15.3. The molecule has 1 aliphatic rings. The lowest BCUT2D eigenvalue weighted by atomic mass is 10.1. The number of benzene rings is 1. The standard InChI is InChI=1S/C21H26F3N5O4/c1-12-17(15-6-5-13(9-16(15)30)21(22,23)24)27-28-18(26-12)25-10-14-11-29(7-8-32-14)19(31)33-20(2,3)4/h5-6,9,14,30H,7-8,10-11H2,1-4H3,(H,25,26,28)/t14-/m0/s1. The van der Waals surface area contributed by atoms with Crippen LogP contribution in [-0.2, 0) is 15.7 Å². The topological polar surface area (TPSA) is 110 Å². The van der Waals surface area contributed by atoms with Crippen molar-refractivity contribution in [1.29, 1.82) is 0 Å². The van der Waals surface area contributed by atoms with E-state index in [1.54, 1.807) is 32.6 Å². The number of amides is 1. The number of aryl methyl sites for hydroxylation is 1. The Morgan fingerprint density at radius 3 is 2.64 bits per heavy atom. The number of anilines is 1. The lowest BCUT2D eigenvalue weighted by molar-refractivity contribution is -0.137. The minimum atomic E-state index is -4.57. The van der Waals surface area contributed by atoms with Gasteiger partial charge in [0.25, 0.3) is 0 Å². The summed E-state index contributed by atoms with van der Waals surface area (Å²) in [4.78, 5) is 18.1. The molecule has 3 rings (SSSR count). The first-order valence-corrected chi connectivity index (χ1v) is 10.3. The van der Waals surface area contributed by atoms with E-state index in [2.05, 4.69) is 20.5 Å². The Hall–Kier alpha value is -3.15. The van der Waals surface area contributed by atoms with E-state index in [9.17, 15) is 23.1 Å². The molecule has 2 heterocycles. The maximum Gasteiger partial charge on any atom is 0.416 e. The molecular weight excluding hydrogens is 443 g/mol. The van der Waals surface area contributed by atoms with Crippen LogP contribution >= 0.6 is 0 Å². The van der Waals surface area contributed by atoms with Gasteiger partial charge in [-0.3, -0.25) is 0 Å². The number of morpholine rings is 1. The van der Waals surface area contributed by atoms with Crippen molar-refractivity contribution >= 4 is 12.0 Å². The van der Waals surface area contributed by atoms with Gasteiger partial charge in [0.1, 0.15) is 17.0 Å². The van der Waals surface area contributed by atoms with Crippen LogP contribution in [0.1, 0.15) is 32.0 Å². The predicted molar refractivity (Wildman–Crippen MR) is 113 cm³/mol. The summed E-state index contributed by atoms with van der Waals surface area (Å²) in [5.74, 6) is -0.386. The highest BCUT2D eigenvalue weighted by Crippen LogP contribution is 2.36. The Morgan fingerprint density at radius 1 is 1.30 bits per heavy atom. The van der Waals surface area contributed by atoms with Crippen LogP contribution in [0.5, 0.6) is 5.75 Å². The number of halogens is 3. The van der Waals surface area contributed by atoms with Gasteiger partial charge in [0.05, 0.1) is 30.5 Å². The second-order valence-electron chi connectivity index (χ2n) is 8.60. The summed E-state index contributed by atoms with van der Waals surface area (Å²) in [7, 11) is 0. The highest BCUT2D eigenvalue weighted by atomic mass is 19.4. The molecule has 1 saturated heterocycles. The van der Waals surface area contributed by atoms with Gasteiger partial charge in [0.15, 0.2) is 0 Å². The number of ether oxygens (including phenoxy) is 2. The van der Waals surface area contributed by atoms with Gasteiger partial charge in [-0.05, 0) is 45.9 Å². The molecule has 0 unspecified atom stereocenters. The Bertz CT molecular complexity index is 1010. The van der Waals surface area contributed by atoms with Crippen molar-refractivity contribution in [2.24, 2.45) is 0 Å². The van der Waals surface area contributed by atoms with Gasteiger partial charge in [-0.1, -0.05) is 0 Å². The van der Waals surface area contributed by atoms with Gasteiger partial charge in [-0.25, -0.2) is 9.78 Å². The van der Waals surface area contributed by atoms with Crippen molar-refractivity contribution in [1.82, 2.24) is 20.1 Å². The first-order valence-electron chi connectivity index (χ1n) is 10.3.